The molecule has 3 aliphatic rings. The largest absolute Gasteiger partial charge is 0.353 e. The molecule has 2 unspecified atom stereocenters. The molecule has 0 radical (unpaired) electrons. The number of nitrogens with one attached hydrogen (secondary N) is 1. The van der Waals surface area contributed by atoms with Gasteiger partial charge in [0.25, 0.3) is 0 Å². The molecule has 1 saturated carbocycles. The van der Waals surface area contributed by atoms with Gasteiger partial charge < -0.3 is 14.8 Å². The number of nitrogens with zero attached hydrogens (tertiary/aromatic N) is 3. The molecule has 4 nitrogen and oxygen atoms in total. The van der Waals surface area contributed by atoms with Crippen LogP contribution in [0.5, 0.6) is 0 Å². The Morgan fingerprint density at radius 1 is 1.00 bits per heavy atom. The summed E-state index contributed by atoms with van der Waals surface area (Å²) in [4.78, 5) is 7.26. The maximum Gasteiger partial charge on any atom is 0.203 e. The van der Waals surface area contributed by atoms with Crippen molar-refractivity contribution in [2.24, 2.45) is 0 Å². The van der Waals surface area contributed by atoms with Crippen molar-refractivity contribution in [2.45, 2.75) is 69.5 Å². The molecule has 2 saturated heterocycles. The molecule has 2 atom stereocenters. The monoisotopic (exact) mass is 274 g/mol. The van der Waals surface area contributed by atoms with Crippen molar-refractivity contribution in [1.29, 1.82) is 0 Å². The highest BCUT2D eigenvalue weighted by molar-refractivity contribution is 5.29. The molecule has 4 rings (SSSR count). The standard InChI is InChI=1S/C16H26N4/c1-2-5-14(4-1)20-11-8-17-16(20)18-13-7-10-19-9-3-6-15(19)12-13/h8,11,13-15H,1-7,9-10,12H2,(H,17,18). The Labute approximate surface area is 121 Å². The van der Waals surface area contributed by atoms with Gasteiger partial charge in [-0.3, -0.25) is 0 Å². The number of fused-ring (bicyclic) bond motifs is 1. The number of piperidine rings is 1. The van der Waals surface area contributed by atoms with Gasteiger partial charge in [0.05, 0.1) is 0 Å². The van der Waals surface area contributed by atoms with Crippen molar-refractivity contribution in [3.63, 3.8) is 0 Å². The Morgan fingerprint density at radius 3 is 2.75 bits per heavy atom. The minimum atomic E-state index is 0.622. The quantitative estimate of drug-likeness (QED) is 0.919. The van der Waals surface area contributed by atoms with Crippen LogP contribution >= 0.6 is 0 Å². The van der Waals surface area contributed by atoms with E-state index in [9.17, 15) is 0 Å². The van der Waals surface area contributed by atoms with Gasteiger partial charge in [-0.05, 0) is 45.1 Å². The van der Waals surface area contributed by atoms with E-state index in [1.807, 2.05) is 6.20 Å². The van der Waals surface area contributed by atoms with E-state index in [4.69, 9.17) is 0 Å². The van der Waals surface area contributed by atoms with Gasteiger partial charge in [0.1, 0.15) is 0 Å². The fourth-order valence-electron chi connectivity index (χ4n) is 4.44. The fourth-order valence-corrected chi connectivity index (χ4v) is 4.44. The highest BCUT2D eigenvalue weighted by atomic mass is 15.2. The van der Waals surface area contributed by atoms with Crippen LogP contribution in [-0.4, -0.2) is 39.6 Å². The van der Waals surface area contributed by atoms with E-state index < -0.39 is 0 Å². The van der Waals surface area contributed by atoms with Crippen molar-refractivity contribution in [3.8, 4) is 0 Å². The second kappa shape index (κ2) is 5.40. The molecule has 3 heterocycles. The Morgan fingerprint density at radius 2 is 1.85 bits per heavy atom. The van der Waals surface area contributed by atoms with Crippen molar-refractivity contribution in [2.75, 3.05) is 18.4 Å². The molecule has 1 N–H and O–H groups in total. The van der Waals surface area contributed by atoms with E-state index in [0.717, 1.165) is 12.0 Å². The highest BCUT2D eigenvalue weighted by Gasteiger charge is 2.32. The topological polar surface area (TPSA) is 33.1 Å². The lowest BCUT2D eigenvalue weighted by atomic mass is 9.98. The molecular formula is C16H26N4. The predicted molar refractivity (Wildman–Crippen MR) is 81.0 cm³/mol. The predicted octanol–water partition coefficient (Wildman–Crippen LogP) is 3.04. The van der Waals surface area contributed by atoms with Gasteiger partial charge in [-0.1, -0.05) is 12.8 Å². The lowest BCUT2D eigenvalue weighted by Gasteiger charge is -2.35. The second-order valence-corrected chi connectivity index (χ2v) is 6.79. The average Bonchev–Trinajstić information content (AvgIpc) is 3.19. The van der Waals surface area contributed by atoms with Gasteiger partial charge in [0.15, 0.2) is 0 Å². The van der Waals surface area contributed by atoms with Crippen LogP contribution in [0.3, 0.4) is 0 Å². The van der Waals surface area contributed by atoms with E-state index in [1.165, 1.54) is 64.5 Å². The Bertz CT molecular complexity index is 449. The summed E-state index contributed by atoms with van der Waals surface area (Å²) in [7, 11) is 0. The molecule has 110 valence electrons. The summed E-state index contributed by atoms with van der Waals surface area (Å²) in [5, 5.41) is 3.74. The van der Waals surface area contributed by atoms with Gasteiger partial charge in [-0.2, -0.15) is 0 Å². The van der Waals surface area contributed by atoms with Crippen LogP contribution in [0.15, 0.2) is 12.4 Å². The van der Waals surface area contributed by atoms with Crippen LogP contribution in [0.25, 0.3) is 0 Å². The second-order valence-electron chi connectivity index (χ2n) is 6.79. The van der Waals surface area contributed by atoms with E-state index in [2.05, 4.69) is 26.0 Å². The molecule has 1 aromatic heterocycles. The molecule has 3 fully saturated rings. The molecule has 0 amide bonds. The maximum atomic E-state index is 4.58. The van der Waals surface area contributed by atoms with Crippen molar-refractivity contribution < 1.29 is 0 Å². The van der Waals surface area contributed by atoms with Crippen LogP contribution in [-0.2, 0) is 0 Å². The summed E-state index contributed by atoms with van der Waals surface area (Å²) in [5.74, 6) is 1.12. The molecule has 2 aliphatic heterocycles. The van der Waals surface area contributed by atoms with Crippen molar-refractivity contribution in [1.82, 2.24) is 14.5 Å². The summed E-state index contributed by atoms with van der Waals surface area (Å²) in [6.07, 6.45) is 14.9. The highest BCUT2D eigenvalue weighted by Crippen LogP contribution is 2.33. The van der Waals surface area contributed by atoms with E-state index in [0.29, 0.717) is 12.1 Å². The third kappa shape index (κ3) is 2.34. The molecule has 0 bridgehead atoms. The minimum absolute atomic E-state index is 0.622. The summed E-state index contributed by atoms with van der Waals surface area (Å²) in [6, 6.07) is 2.14. The molecule has 0 spiro atoms. The first-order valence-electron chi connectivity index (χ1n) is 8.43. The Balaban J connectivity index is 1.42. The molecule has 1 aromatic rings. The number of aromatic nitrogens is 2. The van der Waals surface area contributed by atoms with Crippen molar-refractivity contribution in [3.05, 3.63) is 12.4 Å². The molecular weight excluding hydrogens is 248 g/mol. The van der Waals surface area contributed by atoms with Gasteiger partial charge >= 0.3 is 0 Å². The number of anilines is 1. The average molecular weight is 274 g/mol. The number of hydrogen-bond acceptors (Lipinski definition) is 3. The summed E-state index contributed by atoms with van der Waals surface area (Å²) in [5.41, 5.74) is 0. The first-order chi connectivity index (χ1) is 9.90. The lowest BCUT2D eigenvalue weighted by molar-refractivity contribution is 0.187. The lowest BCUT2D eigenvalue weighted by Crippen LogP contribution is -2.43. The summed E-state index contributed by atoms with van der Waals surface area (Å²) < 4.78 is 2.40. The molecule has 4 heteroatoms. The zero-order chi connectivity index (χ0) is 13.4. The third-order valence-electron chi connectivity index (χ3n) is 5.54. The Hall–Kier alpha value is -1.03. The van der Waals surface area contributed by atoms with Crippen LogP contribution in [0.2, 0.25) is 0 Å². The van der Waals surface area contributed by atoms with E-state index in [1.54, 1.807) is 0 Å². The zero-order valence-corrected chi connectivity index (χ0v) is 12.3. The SMILES string of the molecule is c1cn(C2CCCC2)c(NC2CCN3CCCC3C2)n1. The summed E-state index contributed by atoms with van der Waals surface area (Å²) >= 11 is 0. The maximum absolute atomic E-state index is 4.58. The zero-order valence-electron chi connectivity index (χ0n) is 12.3. The van der Waals surface area contributed by atoms with Gasteiger partial charge in [-0.15, -0.1) is 0 Å². The fraction of sp³-hybridized carbons (Fsp3) is 0.812. The van der Waals surface area contributed by atoms with Crippen LogP contribution in [0.4, 0.5) is 5.95 Å². The molecule has 0 aromatic carbocycles. The van der Waals surface area contributed by atoms with Crippen molar-refractivity contribution >= 4 is 5.95 Å². The van der Waals surface area contributed by atoms with Crippen LogP contribution in [0, 0.1) is 0 Å². The van der Waals surface area contributed by atoms with E-state index in [-0.39, 0.29) is 0 Å². The normalized spacial score (nSPS) is 31.6. The third-order valence-corrected chi connectivity index (χ3v) is 5.54. The Kier molecular flexibility index (Phi) is 3.42. The number of hydrogen-bond donors (Lipinski definition) is 1. The summed E-state index contributed by atoms with van der Waals surface area (Å²) in [6.45, 7) is 2.60. The van der Waals surface area contributed by atoms with E-state index >= 15 is 0 Å². The van der Waals surface area contributed by atoms with Crippen LogP contribution < -0.4 is 5.32 Å². The number of rotatable bonds is 3. The number of imidazole rings is 1. The first kappa shape index (κ1) is 12.7. The van der Waals surface area contributed by atoms with Gasteiger partial charge in [0, 0.05) is 37.1 Å². The first-order valence-corrected chi connectivity index (χ1v) is 8.43. The van der Waals surface area contributed by atoms with Gasteiger partial charge in [-0.25, -0.2) is 4.98 Å². The van der Waals surface area contributed by atoms with Gasteiger partial charge in [0.2, 0.25) is 5.95 Å². The minimum Gasteiger partial charge on any atom is -0.353 e. The van der Waals surface area contributed by atoms with Crippen LogP contribution in [0.1, 0.15) is 57.4 Å². The molecule has 1 aliphatic carbocycles. The smallest absolute Gasteiger partial charge is 0.203 e. The molecule has 20 heavy (non-hydrogen) atoms.